The largest absolute Gasteiger partial charge is 0.385 e. The molecule has 4 heteroatoms. The lowest BCUT2D eigenvalue weighted by Gasteiger charge is -2.29. The molecule has 0 saturated carbocycles. The first-order valence-electron chi connectivity index (χ1n) is 5.82. The Kier molecular flexibility index (Phi) is 4.32. The van der Waals surface area contributed by atoms with Gasteiger partial charge in [-0.3, -0.25) is 0 Å². The number of halogens is 2. The van der Waals surface area contributed by atoms with Crippen molar-refractivity contribution >= 4 is 44.7 Å². The summed E-state index contributed by atoms with van der Waals surface area (Å²) in [5, 5.41) is 0. The Morgan fingerprint density at radius 3 is 2.42 bits per heavy atom. The number of fused-ring (bicyclic) bond motifs is 1. The Labute approximate surface area is 131 Å². The number of hydrogen-bond donors (Lipinski definition) is 1. The molecule has 98 valence electrons. The Bertz CT molecular complexity index is 606. The predicted molar refractivity (Wildman–Crippen MR) is 89.3 cm³/mol. The summed E-state index contributed by atoms with van der Waals surface area (Å²) >= 11 is 3.45. The molecule has 0 bridgehead atoms. The Morgan fingerprint density at radius 1 is 1.00 bits per heavy atom. The summed E-state index contributed by atoms with van der Waals surface area (Å²) in [6, 6.07) is 16.5. The fourth-order valence-corrected chi connectivity index (χ4v) is 2.44. The van der Waals surface area contributed by atoms with E-state index in [1.54, 1.807) is 0 Å². The predicted octanol–water partition coefficient (Wildman–Crippen LogP) is 4.30. The van der Waals surface area contributed by atoms with E-state index in [4.69, 9.17) is 5.73 Å². The van der Waals surface area contributed by atoms with Crippen molar-refractivity contribution in [3.8, 4) is 0 Å². The molecule has 2 aromatic carbocycles. The molecule has 0 fully saturated rings. The van der Waals surface area contributed by atoms with Gasteiger partial charge in [0.1, 0.15) is 5.82 Å². The van der Waals surface area contributed by atoms with E-state index < -0.39 is 0 Å². The zero-order valence-corrected chi connectivity index (χ0v) is 13.5. The molecule has 0 aromatic heterocycles. The second kappa shape index (κ2) is 5.80. The maximum absolute atomic E-state index is 6.14. The third-order valence-electron chi connectivity index (χ3n) is 3.14. The van der Waals surface area contributed by atoms with Gasteiger partial charge < -0.3 is 10.6 Å². The number of nitrogens with two attached hydrogens (primary N) is 1. The molecule has 0 spiro atoms. The van der Waals surface area contributed by atoms with Crippen LogP contribution in [-0.4, -0.2) is 0 Å². The Hall–Kier alpha value is -1.26. The third-order valence-corrected chi connectivity index (χ3v) is 3.67. The fourth-order valence-electron chi connectivity index (χ4n) is 2.18. The quantitative estimate of drug-likeness (QED) is 0.797. The van der Waals surface area contributed by atoms with Crippen LogP contribution in [0.5, 0.6) is 0 Å². The van der Waals surface area contributed by atoms with Crippen LogP contribution in [0.1, 0.15) is 11.1 Å². The van der Waals surface area contributed by atoms with Crippen LogP contribution in [0.4, 0.5) is 5.69 Å². The Morgan fingerprint density at radius 2 is 1.68 bits per heavy atom. The maximum atomic E-state index is 6.14. The summed E-state index contributed by atoms with van der Waals surface area (Å²) in [5.41, 5.74) is 9.76. The molecule has 2 nitrogen and oxygen atoms in total. The van der Waals surface area contributed by atoms with E-state index in [9.17, 15) is 0 Å². The van der Waals surface area contributed by atoms with Crippen LogP contribution >= 0.6 is 32.9 Å². The topological polar surface area (TPSA) is 29.3 Å². The normalized spacial score (nSPS) is 13.3. The molecule has 3 rings (SSSR count). The van der Waals surface area contributed by atoms with Gasteiger partial charge in [0.25, 0.3) is 0 Å². The minimum absolute atomic E-state index is 0. The average molecular weight is 382 g/mol. The van der Waals surface area contributed by atoms with Gasteiger partial charge in [-0.1, -0.05) is 40.2 Å². The zero-order valence-electron chi connectivity index (χ0n) is 10.2. The van der Waals surface area contributed by atoms with Crippen LogP contribution in [0.3, 0.4) is 0 Å². The van der Waals surface area contributed by atoms with Gasteiger partial charge in [-0.15, -0.1) is 17.0 Å². The zero-order chi connectivity index (χ0) is 12.5. The second-order valence-electron chi connectivity index (χ2n) is 4.33. The van der Waals surface area contributed by atoms with Gasteiger partial charge in [0.05, 0.1) is 6.54 Å². The molecule has 1 heterocycles. The summed E-state index contributed by atoms with van der Waals surface area (Å²) in [5.74, 6) is 0.788. The first-order valence-corrected chi connectivity index (χ1v) is 6.61. The number of nitrogens with zero attached hydrogens (tertiary/aromatic N) is 1. The fraction of sp³-hybridized carbons (Fsp3) is 0.0667. The van der Waals surface area contributed by atoms with Crippen LogP contribution in [0.15, 0.2) is 58.8 Å². The van der Waals surface area contributed by atoms with Crippen molar-refractivity contribution in [2.75, 3.05) is 4.90 Å². The lowest BCUT2D eigenvalue weighted by atomic mass is 10.0. The average Bonchev–Trinajstić information content (AvgIpc) is 2.39. The molecular formula is C15H14Br2N2. The molecule has 0 amide bonds. The third kappa shape index (κ3) is 2.85. The summed E-state index contributed by atoms with van der Waals surface area (Å²) in [7, 11) is 0. The van der Waals surface area contributed by atoms with E-state index in [-0.39, 0.29) is 17.0 Å². The van der Waals surface area contributed by atoms with E-state index in [0.717, 1.165) is 22.5 Å². The van der Waals surface area contributed by atoms with Crippen molar-refractivity contribution in [3.63, 3.8) is 0 Å². The van der Waals surface area contributed by atoms with Crippen LogP contribution < -0.4 is 10.6 Å². The van der Waals surface area contributed by atoms with Crippen molar-refractivity contribution in [2.24, 2.45) is 5.73 Å². The summed E-state index contributed by atoms with van der Waals surface area (Å²) in [4.78, 5) is 2.12. The minimum atomic E-state index is 0. The van der Waals surface area contributed by atoms with E-state index in [1.165, 1.54) is 11.1 Å². The first kappa shape index (κ1) is 14.2. The van der Waals surface area contributed by atoms with E-state index in [0.29, 0.717) is 0 Å². The van der Waals surface area contributed by atoms with E-state index >= 15 is 0 Å². The summed E-state index contributed by atoms with van der Waals surface area (Å²) < 4.78 is 1.08. The highest BCUT2D eigenvalue weighted by Crippen LogP contribution is 2.28. The van der Waals surface area contributed by atoms with Crippen LogP contribution in [0, 0.1) is 0 Å². The SMILES string of the molecule is Br.NC1=Cc2ccccc2CN1c1ccc(Br)cc1. The Balaban J connectivity index is 0.00000133. The maximum Gasteiger partial charge on any atom is 0.104 e. The van der Waals surface area contributed by atoms with E-state index in [2.05, 4.69) is 51.2 Å². The number of hydrogen-bond acceptors (Lipinski definition) is 2. The van der Waals surface area contributed by atoms with Crippen LogP contribution in [-0.2, 0) is 6.54 Å². The number of rotatable bonds is 1. The molecule has 1 aliphatic heterocycles. The van der Waals surface area contributed by atoms with Crippen molar-refractivity contribution in [3.05, 3.63) is 70.0 Å². The van der Waals surface area contributed by atoms with E-state index in [1.807, 2.05) is 24.3 Å². The molecule has 0 radical (unpaired) electrons. The van der Waals surface area contributed by atoms with Crippen LogP contribution in [0.25, 0.3) is 6.08 Å². The highest BCUT2D eigenvalue weighted by molar-refractivity contribution is 9.10. The molecule has 2 aromatic rings. The molecule has 0 saturated heterocycles. The van der Waals surface area contributed by atoms with Gasteiger partial charge >= 0.3 is 0 Å². The van der Waals surface area contributed by atoms with Gasteiger partial charge in [0.2, 0.25) is 0 Å². The summed E-state index contributed by atoms with van der Waals surface area (Å²) in [6.07, 6.45) is 2.03. The van der Waals surface area contributed by atoms with Crippen molar-refractivity contribution in [1.82, 2.24) is 0 Å². The van der Waals surface area contributed by atoms with Gasteiger partial charge in [0, 0.05) is 10.2 Å². The minimum Gasteiger partial charge on any atom is -0.385 e. The number of anilines is 1. The summed E-state index contributed by atoms with van der Waals surface area (Å²) in [6.45, 7) is 0.820. The van der Waals surface area contributed by atoms with Gasteiger partial charge in [-0.25, -0.2) is 0 Å². The molecule has 1 aliphatic rings. The second-order valence-corrected chi connectivity index (χ2v) is 5.25. The molecule has 2 N–H and O–H groups in total. The smallest absolute Gasteiger partial charge is 0.104 e. The molecule has 0 unspecified atom stereocenters. The van der Waals surface area contributed by atoms with Crippen molar-refractivity contribution < 1.29 is 0 Å². The highest BCUT2D eigenvalue weighted by Gasteiger charge is 2.16. The van der Waals surface area contributed by atoms with Gasteiger partial charge in [-0.05, 0) is 41.5 Å². The lowest BCUT2D eigenvalue weighted by Crippen LogP contribution is -2.29. The molecule has 0 aliphatic carbocycles. The molecule has 19 heavy (non-hydrogen) atoms. The van der Waals surface area contributed by atoms with Crippen molar-refractivity contribution in [2.45, 2.75) is 6.54 Å². The highest BCUT2D eigenvalue weighted by atomic mass is 79.9. The van der Waals surface area contributed by atoms with Crippen molar-refractivity contribution in [1.29, 1.82) is 0 Å². The lowest BCUT2D eigenvalue weighted by molar-refractivity contribution is 0.888. The van der Waals surface area contributed by atoms with Crippen LogP contribution in [0.2, 0.25) is 0 Å². The molecule has 0 atom stereocenters. The first-order chi connectivity index (χ1) is 8.74. The standard InChI is InChI=1S/C15H13BrN2.BrH/c16-13-5-7-14(8-6-13)18-10-12-4-2-1-3-11(12)9-15(18)17;/h1-9H,10,17H2;1H. The molecular weight excluding hydrogens is 368 g/mol. The number of benzene rings is 2. The van der Waals surface area contributed by atoms with Gasteiger partial charge in [0.15, 0.2) is 0 Å². The monoisotopic (exact) mass is 380 g/mol. The van der Waals surface area contributed by atoms with Gasteiger partial charge in [-0.2, -0.15) is 0 Å².